The van der Waals surface area contributed by atoms with E-state index in [4.69, 9.17) is 4.52 Å². The van der Waals surface area contributed by atoms with E-state index < -0.39 is 0 Å². The first kappa shape index (κ1) is 16.6. The first-order valence-electron chi connectivity index (χ1n) is 7.91. The maximum absolute atomic E-state index is 12.2. The van der Waals surface area contributed by atoms with Gasteiger partial charge in [-0.1, -0.05) is 42.4 Å². The Kier molecular flexibility index (Phi) is 4.98. The molecule has 8 nitrogen and oxygen atoms in total. The van der Waals surface area contributed by atoms with Crippen molar-refractivity contribution in [3.05, 3.63) is 54.4 Å². The minimum Gasteiger partial charge on any atom is -0.340 e. The van der Waals surface area contributed by atoms with Gasteiger partial charge in [0.25, 0.3) is 0 Å². The molecule has 2 N–H and O–H groups in total. The molecule has 0 radical (unpaired) electrons. The third kappa shape index (κ3) is 4.17. The van der Waals surface area contributed by atoms with Crippen LogP contribution in [-0.4, -0.2) is 26.1 Å². The van der Waals surface area contributed by atoms with Crippen LogP contribution >= 0.6 is 0 Å². The lowest BCUT2D eigenvalue weighted by molar-refractivity contribution is 0.247. The molecule has 2 aromatic heterocycles. The fraction of sp³-hybridized carbons (Fsp3) is 0.235. The molecule has 0 unspecified atom stereocenters. The van der Waals surface area contributed by atoms with Gasteiger partial charge >= 0.3 is 6.03 Å². The van der Waals surface area contributed by atoms with E-state index in [1.54, 1.807) is 19.3 Å². The standard InChI is InChI=1S/C17H18N6O2/c1-3-14(16-20-11(2)25-23-16)22-17(24)21-13-9-18-15(19-10-13)12-7-5-4-6-8-12/h4-10,14H,3H2,1-2H3,(H2,21,22,24)/t14-/m1/s1. The highest BCUT2D eigenvalue weighted by Gasteiger charge is 2.18. The number of benzene rings is 1. The lowest BCUT2D eigenvalue weighted by atomic mass is 10.2. The van der Waals surface area contributed by atoms with Crippen LogP contribution in [0.4, 0.5) is 10.5 Å². The normalized spacial score (nSPS) is 11.8. The summed E-state index contributed by atoms with van der Waals surface area (Å²) < 4.78 is 4.95. The van der Waals surface area contributed by atoms with Crippen LogP contribution in [0.1, 0.15) is 31.1 Å². The predicted molar refractivity (Wildman–Crippen MR) is 91.7 cm³/mol. The van der Waals surface area contributed by atoms with Gasteiger partial charge in [0, 0.05) is 12.5 Å². The third-order valence-corrected chi connectivity index (χ3v) is 3.51. The van der Waals surface area contributed by atoms with Crippen LogP contribution in [0.5, 0.6) is 0 Å². The molecule has 25 heavy (non-hydrogen) atoms. The molecule has 0 fully saturated rings. The Labute approximate surface area is 144 Å². The monoisotopic (exact) mass is 338 g/mol. The number of urea groups is 1. The minimum absolute atomic E-state index is 0.332. The van der Waals surface area contributed by atoms with E-state index in [2.05, 4.69) is 30.7 Å². The zero-order chi connectivity index (χ0) is 17.6. The lowest BCUT2D eigenvalue weighted by Crippen LogP contribution is -2.33. The van der Waals surface area contributed by atoms with Gasteiger partial charge in [-0.25, -0.2) is 14.8 Å². The van der Waals surface area contributed by atoms with Crippen molar-refractivity contribution < 1.29 is 9.32 Å². The first-order valence-corrected chi connectivity index (χ1v) is 7.91. The number of aryl methyl sites for hydroxylation is 1. The summed E-state index contributed by atoms with van der Waals surface area (Å²) in [5, 5.41) is 9.34. The summed E-state index contributed by atoms with van der Waals surface area (Å²) in [6.07, 6.45) is 3.76. The molecule has 0 aliphatic rings. The van der Waals surface area contributed by atoms with Crippen molar-refractivity contribution in [2.45, 2.75) is 26.3 Å². The molecule has 1 atom stereocenters. The molecular weight excluding hydrogens is 320 g/mol. The van der Waals surface area contributed by atoms with Crippen molar-refractivity contribution in [2.24, 2.45) is 0 Å². The van der Waals surface area contributed by atoms with Crippen LogP contribution < -0.4 is 10.6 Å². The molecule has 0 saturated carbocycles. The van der Waals surface area contributed by atoms with Crippen molar-refractivity contribution in [2.75, 3.05) is 5.32 Å². The fourth-order valence-corrected chi connectivity index (χ4v) is 2.26. The van der Waals surface area contributed by atoms with Crippen LogP contribution in [0.2, 0.25) is 0 Å². The van der Waals surface area contributed by atoms with Crippen molar-refractivity contribution in [1.29, 1.82) is 0 Å². The maximum atomic E-state index is 12.2. The molecule has 0 aliphatic carbocycles. The molecule has 1 aromatic carbocycles. The van der Waals surface area contributed by atoms with Gasteiger partial charge in [0.05, 0.1) is 24.1 Å². The summed E-state index contributed by atoms with van der Waals surface area (Å²) in [5.41, 5.74) is 1.41. The lowest BCUT2D eigenvalue weighted by Gasteiger charge is -2.13. The Morgan fingerprint density at radius 3 is 2.52 bits per heavy atom. The number of carbonyl (C=O) groups excluding carboxylic acids is 1. The number of anilines is 1. The van der Waals surface area contributed by atoms with E-state index in [0.717, 1.165) is 5.56 Å². The third-order valence-electron chi connectivity index (χ3n) is 3.51. The van der Waals surface area contributed by atoms with Gasteiger partial charge in [0.2, 0.25) is 5.89 Å². The molecule has 0 saturated heterocycles. The van der Waals surface area contributed by atoms with Crippen molar-refractivity contribution >= 4 is 11.7 Å². The molecule has 3 rings (SSSR count). The Bertz CT molecular complexity index is 832. The van der Waals surface area contributed by atoms with Gasteiger partial charge < -0.3 is 15.2 Å². The molecule has 3 aromatic rings. The second-order valence-corrected chi connectivity index (χ2v) is 5.39. The van der Waals surface area contributed by atoms with Gasteiger partial charge in [-0.15, -0.1) is 0 Å². The summed E-state index contributed by atoms with van der Waals surface area (Å²) >= 11 is 0. The summed E-state index contributed by atoms with van der Waals surface area (Å²) in [4.78, 5) is 24.8. The Morgan fingerprint density at radius 2 is 1.92 bits per heavy atom. The summed E-state index contributed by atoms with van der Waals surface area (Å²) in [6.45, 7) is 3.63. The molecule has 8 heteroatoms. The van der Waals surface area contributed by atoms with E-state index in [0.29, 0.717) is 29.6 Å². The van der Waals surface area contributed by atoms with Crippen LogP contribution in [0.25, 0.3) is 11.4 Å². The maximum Gasteiger partial charge on any atom is 0.319 e. The van der Waals surface area contributed by atoms with Crippen LogP contribution in [0, 0.1) is 6.92 Å². The van der Waals surface area contributed by atoms with Crippen molar-refractivity contribution in [3.8, 4) is 11.4 Å². The molecule has 0 aliphatic heterocycles. The number of carbonyl (C=O) groups is 1. The largest absolute Gasteiger partial charge is 0.340 e. The van der Waals surface area contributed by atoms with Gasteiger partial charge in [0.15, 0.2) is 11.6 Å². The SMILES string of the molecule is CC[C@@H](NC(=O)Nc1cnc(-c2ccccc2)nc1)c1noc(C)n1. The summed E-state index contributed by atoms with van der Waals surface area (Å²) in [5.74, 6) is 1.51. The number of nitrogens with zero attached hydrogens (tertiary/aromatic N) is 4. The Morgan fingerprint density at radius 1 is 1.20 bits per heavy atom. The number of hydrogen-bond acceptors (Lipinski definition) is 6. The number of amides is 2. The number of aromatic nitrogens is 4. The highest BCUT2D eigenvalue weighted by molar-refractivity contribution is 5.89. The Balaban J connectivity index is 1.62. The zero-order valence-electron chi connectivity index (χ0n) is 13.9. The molecule has 0 spiro atoms. The van der Waals surface area contributed by atoms with E-state index in [-0.39, 0.29) is 12.1 Å². The topological polar surface area (TPSA) is 106 Å². The van der Waals surface area contributed by atoms with E-state index in [1.165, 1.54) is 0 Å². The quantitative estimate of drug-likeness (QED) is 0.740. The average molecular weight is 338 g/mol. The van der Waals surface area contributed by atoms with Gasteiger partial charge in [-0.3, -0.25) is 0 Å². The summed E-state index contributed by atoms with van der Waals surface area (Å²) in [6, 6.07) is 8.90. The fourth-order valence-electron chi connectivity index (χ4n) is 2.26. The van der Waals surface area contributed by atoms with Gasteiger partial charge in [-0.2, -0.15) is 4.98 Å². The zero-order valence-corrected chi connectivity index (χ0v) is 13.9. The van der Waals surface area contributed by atoms with Crippen molar-refractivity contribution in [3.63, 3.8) is 0 Å². The molecular formula is C17H18N6O2. The first-order chi connectivity index (χ1) is 12.2. The van der Waals surface area contributed by atoms with Crippen LogP contribution in [0.3, 0.4) is 0 Å². The number of rotatable bonds is 5. The molecule has 0 bridgehead atoms. The highest BCUT2D eigenvalue weighted by Crippen LogP contribution is 2.16. The Hall–Kier alpha value is -3.29. The second kappa shape index (κ2) is 7.52. The predicted octanol–water partition coefficient (Wildman–Crippen LogP) is 3.11. The summed E-state index contributed by atoms with van der Waals surface area (Å²) in [7, 11) is 0. The van der Waals surface area contributed by atoms with E-state index in [1.807, 2.05) is 37.3 Å². The van der Waals surface area contributed by atoms with Crippen LogP contribution in [0.15, 0.2) is 47.2 Å². The van der Waals surface area contributed by atoms with Crippen LogP contribution in [-0.2, 0) is 0 Å². The van der Waals surface area contributed by atoms with Crippen molar-refractivity contribution in [1.82, 2.24) is 25.4 Å². The number of hydrogen-bond donors (Lipinski definition) is 2. The van der Waals surface area contributed by atoms with Gasteiger partial charge in [0.1, 0.15) is 0 Å². The van der Waals surface area contributed by atoms with E-state index >= 15 is 0 Å². The van der Waals surface area contributed by atoms with Gasteiger partial charge in [-0.05, 0) is 6.42 Å². The smallest absolute Gasteiger partial charge is 0.319 e. The average Bonchev–Trinajstić information content (AvgIpc) is 3.07. The highest BCUT2D eigenvalue weighted by atomic mass is 16.5. The second-order valence-electron chi connectivity index (χ2n) is 5.39. The molecule has 2 heterocycles. The van der Waals surface area contributed by atoms with E-state index in [9.17, 15) is 4.79 Å². The number of nitrogens with one attached hydrogen (secondary N) is 2. The minimum atomic E-state index is -0.384. The molecule has 2 amide bonds. The molecule has 128 valence electrons.